The van der Waals surface area contributed by atoms with Gasteiger partial charge in [-0.05, 0) is 25.1 Å². The molecular weight excluding hydrogens is 284 g/mol. The molecule has 0 spiro atoms. The van der Waals surface area contributed by atoms with E-state index in [9.17, 15) is 14.9 Å². The molecule has 2 aromatic rings. The van der Waals surface area contributed by atoms with E-state index in [0.717, 1.165) is 5.69 Å². The SMILES string of the molecule is C[C@H](Oc1cccc([N+](=O)[O-])c1)C(=O)N(C)c1ccccc1. The van der Waals surface area contributed by atoms with Crippen LogP contribution in [0.3, 0.4) is 0 Å². The molecule has 0 N–H and O–H groups in total. The zero-order chi connectivity index (χ0) is 16.1. The number of carbonyl (C=O) groups is 1. The van der Waals surface area contributed by atoms with Crippen molar-refractivity contribution in [2.75, 3.05) is 11.9 Å². The van der Waals surface area contributed by atoms with Gasteiger partial charge in [0, 0.05) is 18.8 Å². The predicted octanol–water partition coefficient (Wildman–Crippen LogP) is 3.03. The van der Waals surface area contributed by atoms with Gasteiger partial charge in [-0.2, -0.15) is 0 Å². The van der Waals surface area contributed by atoms with Crippen LogP contribution < -0.4 is 9.64 Å². The first-order valence-corrected chi connectivity index (χ1v) is 6.73. The van der Waals surface area contributed by atoms with Crippen LogP contribution in [-0.4, -0.2) is 24.0 Å². The molecule has 0 aliphatic carbocycles. The Balaban J connectivity index is 2.08. The van der Waals surface area contributed by atoms with Crippen LogP contribution in [0.5, 0.6) is 5.75 Å². The van der Waals surface area contributed by atoms with Crippen molar-refractivity contribution in [3.05, 3.63) is 64.7 Å². The Morgan fingerprint density at radius 3 is 2.50 bits per heavy atom. The summed E-state index contributed by atoms with van der Waals surface area (Å²) in [5.41, 5.74) is 0.676. The van der Waals surface area contributed by atoms with Crippen molar-refractivity contribution in [3.63, 3.8) is 0 Å². The number of nitro groups is 1. The van der Waals surface area contributed by atoms with E-state index >= 15 is 0 Å². The van der Waals surface area contributed by atoms with E-state index in [1.165, 1.54) is 23.1 Å². The van der Waals surface area contributed by atoms with Crippen molar-refractivity contribution in [3.8, 4) is 5.75 Å². The number of nitro benzene ring substituents is 1. The average molecular weight is 300 g/mol. The van der Waals surface area contributed by atoms with Gasteiger partial charge in [-0.3, -0.25) is 14.9 Å². The molecule has 0 unspecified atom stereocenters. The summed E-state index contributed by atoms with van der Waals surface area (Å²) in [5.74, 6) is 0.0502. The minimum atomic E-state index is -0.757. The summed E-state index contributed by atoms with van der Waals surface area (Å²) in [6, 6.07) is 14.9. The molecule has 22 heavy (non-hydrogen) atoms. The van der Waals surface area contributed by atoms with Gasteiger partial charge in [-0.25, -0.2) is 0 Å². The highest BCUT2D eigenvalue weighted by Crippen LogP contribution is 2.21. The normalized spacial score (nSPS) is 11.5. The first kappa shape index (κ1) is 15.5. The zero-order valence-electron chi connectivity index (χ0n) is 12.3. The van der Waals surface area contributed by atoms with Crippen LogP contribution >= 0.6 is 0 Å². The number of hydrogen-bond donors (Lipinski definition) is 0. The first-order chi connectivity index (χ1) is 10.5. The number of nitrogens with zero attached hydrogens (tertiary/aromatic N) is 2. The van der Waals surface area contributed by atoms with Gasteiger partial charge in [-0.15, -0.1) is 0 Å². The average Bonchev–Trinajstić information content (AvgIpc) is 2.54. The number of anilines is 1. The summed E-state index contributed by atoms with van der Waals surface area (Å²) < 4.78 is 5.51. The van der Waals surface area contributed by atoms with Crippen molar-refractivity contribution in [2.24, 2.45) is 0 Å². The topological polar surface area (TPSA) is 72.7 Å². The molecule has 0 radical (unpaired) electrons. The third kappa shape index (κ3) is 3.60. The predicted molar refractivity (Wildman–Crippen MR) is 83.0 cm³/mol. The van der Waals surface area contributed by atoms with Gasteiger partial charge in [0.1, 0.15) is 5.75 Å². The van der Waals surface area contributed by atoms with Crippen LogP contribution in [0.2, 0.25) is 0 Å². The lowest BCUT2D eigenvalue weighted by Gasteiger charge is -2.22. The monoisotopic (exact) mass is 300 g/mol. The zero-order valence-corrected chi connectivity index (χ0v) is 12.3. The summed E-state index contributed by atoms with van der Waals surface area (Å²) in [7, 11) is 1.66. The van der Waals surface area contributed by atoms with Crippen molar-refractivity contribution in [2.45, 2.75) is 13.0 Å². The van der Waals surface area contributed by atoms with E-state index in [4.69, 9.17) is 4.74 Å². The molecule has 6 nitrogen and oxygen atoms in total. The number of benzene rings is 2. The highest BCUT2D eigenvalue weighted by atomic mass is 16.6. The molecule has 0 aliphatic rings. The summed E-state index contributed by atoms with van der Waals surface area (Å²) in [4.78, 5) is 24.1. The van der Waals surface area contributed by atoms with E-state index in [-0.39, 0.29) is 17.3 Å². The molecule has 1 atom stereocenters. The van der Waals surface area contributed by atoms with Gasteiger partial charge in [-0.1, -0.05) is 24.3 Å². The summed E-state index contributed by atoms with van der Waals surface area (Å²) in [5, 5.41) is 10.7. The van der Waals surface area contributed by atoms with Crippen molar-refractivity contribution in [1.29, 1.82) is 0 Å². The Kier molecular flexibility index (Phi) is 4.73. The van der Waals surface area contributed by atoms with Crippen LogP contribution in [0.15, 0.2) is 54.6 Å². The highest BCUT2D eigenvalue weighted by molar-refractivity contribution is 5.95. The Hall–Kier alpha value is -2.89. The second kappa shape index (κ2) is 6.71. The molecule has 0 aliphatic heterocycles. The molecule has 2 aromatic carbocycles. The van der Waals surface area contributed by atoms with Crippen molar-refractivity contribution in [1.82, 2.24) is 0 Å². The second-order valence-corrected chi connectivity index (χ2v) is 4.75. The summed E-state index contributed by atoms with van der Waals surface area (Å²) in [6.07, 6.45) is -0.757. The maximum atomic E-state index is 12.3. The van der Waals surface area contributed by atoms with E-state index < -0.39 is 11.0 Å². The number of hydrogen-bond acceptors (Lipinski definition) is 4. The number of amides is 1. The van der Waals surface area contributed by atoms with Crippen LogP contribution in [0.1, 0.15) is 6.92 Å². The fraction of sp³-hybridized carbons (Fsp3) is 0.188. The lowest BCUT2D eigenvalue weighted by molar-refractivity contribution is -0.384. The summed E-state index contributed by atoms with van der Waals surface area (Å²) in [6.45, 7) is 1.61. The summed E-state index contributed by atoms with van der Waals surface area (Å²) >= 11 is 0. The molecule has 114 valence electrons. The maximum absolute atomic E-state index is 12.3. The molecule has 1 amide bonds. The van der Waals surface area contributed by atoms with E-state index in [0.29, 0.717) is 0 Å². The van der Waals surface area contributed by atoms with Crippen molar-refractivity contribution < 1.29 is 14.5 Å². The van der Waals surface area contributed by atoms with Gasteiger partial charge < -0.3 is 9.64 Å². The molecular formula is C16H16N2O4. The van der Waals surface area contributed by atoms with Crippen molar-refractivity contribution >= 4 is 17.3 Å². The minimum absolute atomic E-state index is 0.0754. The highest BCUT2D eigenvalue weighted by Gasteiger charge is 2.21. The Morgan fingerprint density at radius 1 is 1.18 bits per heavy atom. The molecule has 6 heteroatoms. The molecule has 0 saturated carbocycles. The van der Waals surface area contributed by atoms with Gasteiger partial charge in [0.05, 0.1) is 11.0 Å². The third-order valence-corrected chi connectivity index (χ3v) is 3.16. The number of likely N-dealkylation sites (N-methyl/N-ethyl adjacent to an activating group) is 1. The fourth-order valence-electron chi connectivity index (χ4n) is 1.98. The Morgan fingerprint density at radius 2 is 1.86 bits per heavy atom. The second-order valence-electron chi connectivity index (χ2n) is 4.75. The molecule has 0 aromatic heterocycles. The largest absolute Gasteiger partial charge is 0.481 e. The lowest BCUT2D eigenvalue weighted by atomic mass is 10.2. The van der Waals surface area contributed by atoms with Crippen LogP contribution in [0.25, 0.3) is 0 Å². The van der Waals surface area contributed by atoms with Crippen LogP contribution in [0.4, 0.5) is 11.4 Å². The molecule has 0 fully saturated rings. The van der Waals surface area contributed by atoms with E-state index in [1.54, 1.807) is 20.0 Å². The van der Waals surface area contributed by atoms with Crippen LogP contribution in [-0.2, 0) is 4.79 Å². The number of ether oxygens (including phenoxy) is 1. The quantitative estimate of drug-likeness (QED) is 0.628. The van der Waals surface area contributed by atoms with Crippen LogP contribution in [0, 0.1) is 10.1 Å². The smallest absolute Gasteiger partial charge is 0.273 e. The Bertz CT molecular complexity index is 673. The van der Waals surface area contributed by atoms with Gasteiger partial charge >= 0.3 is 0 Å². The van der Waals surface area contributed by atoms with E-state index in [1.807, 2.05) is 30.3 Å². The van der Waals surface area contributed by atoms with Gasteiger partial charge in [0.25, 0.3) is 11.6 Å². The van der Waals surface area contributed by atoms with E-state index in [2.05, 4.69) is 0 Å². The maximum Gasteiger partial charge on any atom is 0.273 e. The molecule has 0 saturated heterocycles. The molecule has 0 heterocycles. The Labute approximate surface area is 128 Å². The van der Waals surface area contributed by atoms with Gasteiger partial charge in [0.15, 0.2) is 6.10 Å². The molecule has 2 rings (SSSR count). The number of carbonyl (C=O) groups excluding carboxylic acids is 1. The third-order valence-electron chi connectivity index (χ3n) is 3.16. The number of para-hydroxylation sites is 1. The lowest BCUT2D eigenvalue weighted by Crippen LogP contribution is -2.37. The molecule has 0 bridgehead atoms. The fourth-order valence-corrected chi connectivity index (χ4v) is 1.98. The minimum Gasteiger partial charge on any atom is -0.481 e. The first-order valence-electron chi connectivity index (χ1n) is 6.73. The van der Waals surface area contributed by atoms with Gasteiger partial charge in [0.2, 0.25) is 0 Å². The number of non-ortho nitro benzene ring substituents is 1. The standard InChI is InChI=1S/C16H16N2O4/c1-12(16(19)17(2)13-7-4-3-5-8-13)22-15-10-6-9-14(11-15)18(20)21/h3-12H,1-2H3/t12-/m0/s1. The number of rotatable bonds is 5.